The summed E-state index contributed by atoms with van der Waals surface area (Å²) < 4.78 is 26.8. The molecule has 0 spiro atoms. The van der Waals surface area contributed by atoms with E-state index in [9.17, 15) is 14.9 Å². The highest BCUT2D eigenvalue weighted by atomic mass is 16.6. The second-order valence-corrected chi connectivity index (χ2v) is 8.22. The Balaban J connectivity index is 1.91. The van der Waals surface area contributed by atoms with Gasteiger partial charge in [-0.15, -0.1) is 0 Å². The summed E-state index contributed by atoms with van der Waals surface area (Å²) in [6.07, 6.45) is 0.600. The molecule has 1 saturated heterocycles. The van der Waals surface area contributed by atoms with Crippen molar-refractivity contribution in [2.45, 2.75) is 30.5 Å². The largest absolute Gasteiger partial charge is 0.493 e. The van der Waals surface area contributed by atoms with Crippen molar-refractivity contribution in [1.29, 1.82) is 0 Å². The minimum atomic E-state index is -1.11. The van der Waals surface area contributed by atoms with Crippen LogP contribution in [-0.2, 0) is 16.0 Å². The van der Waals surface area contributed by atoms with E-state index in [-0.39, 0.29) is 4.92 Å². The van der Waals surface area contributed by atoms with Gasteiger partial charge < -0.3 is 23.7 Å². The second kappa shape index (κ2) is 9.38. The molecule has 0 saturated carbocycles. The maximum absolute atomic E-state index is 13.0. The van der Waals surface area contributed by atoms with E-state index in [0.717, 1.165) is 11.1 Å². The van der Waals surface area contributed by atoms with Crippen molar-refractivity contribution in [2.75, 3.05) is 42.1 Å². The highest BCUT2D eigenvalue weighted by Crippen LogP contribution is 2.52. The molecular weight excluding hydrogens is 444 g/mol. The van der Waals surface area contributed by atoms with Crippen LogP contribution < -0.4 is 18.9 Å². The summed E-state index contributed by atoms with van der Waals surface area (Å²) in [5, 5.41) is 12.6. The predicted octanol–water partition coefficient (Wildman–Crippen LogP) is 2.60. The maximum atomic E-state index is 13.0. The number of rotatable bonds is 7. The fourth-order valence-electron chi connectivity index (χ4n) is 5.37. The smallest absolute Gasteiger partial charge is 0.324 e. The number of methoxy groups -OCH3 is 5. The van der Waals surface area contributed by atoms with Gasteiger partial charge in [0.2, 0.25) is 6.04 Å². The molecule has 4 rings (SSSR count). The molecule has 2 aliphatic rings. The van der Waals surface area contributed by atoms with Crippen molar-refractivity contribution in [1.82, 2.24) is 4.90 Å². The zero-order valence-electron chi connectivity index (χ0n) is 19.8. The van der Waals surface area contributed by atoms with Crippen LogP contribution in [0.4, 0.5) is 0 Å². The molecule has 2 heterocycles. The van der Waals surface area contributed by atoms with Crippen LogP contribution in [0.25, 0.3) is 0 Å². The van der Waals surface area contributed by atoms with Crippen LogP contribution in [0.3, 0.4) is 0 Å². The van der Waals surface area contributed by atoms with Crippen LogP contribution in [-0.4, -0.2) is 70.0 Å². The standard InChI is InChI=1S/C24H28N2O8/c1-30-16-7-6-14(11-17(16)31-2)20-22(26(28)29)21-15-12-19(33-4)18(32-3)10-13(15)8-9-25(21)23(20)24(27)34-5/h6-7,10-12,20-23H,8-9H2,1-5H3/t20-,21-,22-,23+/m1/s1. The summed E-state index contributed by atoms with van der Waals surface area (Å²) in [4.78, 5) is 27.2. The van der Waals surface area contributed by atoms with Gasteiger partial charge in [0.05, 0.1) is 41.5 Å². The third-order valence-electron chi connectivity index (χ3n) is 6.83. The predicted molar refractivity (Wildman–Crippen MR) is 122 cm³/mol. The number of ether oxygens (including phenoxy) is 5. The van der Waals surface area contributed by atoms with Gasteiger partial charge in [-0.2, -0.15) is 0 Å². The van der Waals surface area contributed by atoms with Crippen molar-refractivity contribution in [2.24, 2.45) is 0 Å². The SMILES string of the molecule is COC(=O)[C@@H]1[C@H](c2ccc(OC)c(OC)c2)[C@@H]([N+](=O)[O-])[C@H]2c3cc(OC)c(OC)cc3CCN12. The molecule has 0 unspecified atom stereocenters. The Morgan fingerprint density at radius 2 is 1.56 bits per heavy atom. The molecule has 0 amide bonds. The minimum Gasteiger partial charge on any atom is -0.493 e. The average Bonchev–Trinajstić information content (AvgIpc) is 3.22. The van der Waals surface area contributed by atoms with E-state index in [0.29, 0.717) is 41.5 Å². The van der Waals surface area contributed by atoms with E-state index >= 15 is 0 Å². The zero-order valence-corrected chi connectivity index (χ0v) is 19.8. The monoisotopic (exact) mass is 472 g/mol. The van der Waals surface area contributed by atoms with Crippen molar-refractivity contribution in [3.8, 4) is 23.0 Å². The van der Waals surface area contributed by atoms with Crippen LogP contribution in [0.15, 0.2) is 30.3 Å². The lowest BCUT2D eigenvalue weighted by Crippen LogP contribution is -2.43. The Morgan fingerprint density at radius 1 is 0.941 bits per heavy atom. The molecular formula is C24H28N2O8. The molecule has 4 atom stereocenters. The molecule has 0 bridgehead atoms. The Labute approximate surface area is 197 Å². The number of nitrogens with zero attached hydrogens (tertiary/aromatic N) is 2. The van der Waals surface area contributed by atoms with Crippen molar-refractivity contribution in [3.05, 3.63) is 57.1 Å². The van der Waals surface area contributed by atoms with E-state index in [1.807, 2.05) is 11.0 Å². The molecule has 182 valence electrons. The first kappa shape index (κ1) is 23.6. The summed E-state index contributed by atoms with van der Waals surface area (Å²) >= 11 is 0. The lowest BCUT2D eigenvalue weighted by atomic mass is 9.83. The van der Waals surface area contributed by atoms with Gasteiger partial charge in [-0.3, -0.25) is 19.8 Å². The second-order valence-electron chi connectivity index (χ2n) is 8.22. The summed E-state index contributed by atoms with van der Waals surface area (Å²) in [7, 11) is 7.39. The number of hydrogen-bond donors (Lipinski definition) is 0. The van der Waals surface area contributed by atoms with Crippen molar-refractivity contribution in [3.63, 3.8) is 0 Å². The van der Waals surface area contributed by atoms with Crippen LogP contribution in [0.1, 0.15) is 28.7 Å². The maximum Gasteiger partial charge on any atom is 0.324 e. The van der Waals surface area contributed by atoms with E-state index < -0.39 is 30.0 Å². The number of esters is 1. The summed E-state index contributed by atoms with van der Waals surface area (Å²) in [6, 6.07) is 6.17. The fourth-order valence-corrected chi connectivity index (χ4v) is 5.37. The number of hydrogen-bond acceptors (Lipinski definition) is 9. The van der Waals surface area contributed by atoms with Crippen LogP contribution in [0, 0.1) is 10.1 Å². The first-order valence-corrected chi connectivity index (χ1v) is 10.8. The van der Waals surface area contributed by atoms with Crippen LogP contribution >= 0.6 is 0 Å². The third kappa shape index (κ3) is 3.67. The quantitative estimate of drug-likeness (QED) is 0.341. The minimum absolute atomic E-state index is 0.298. The highest BCUT2D eigenvalue weighted by molar-refractivity contribution is 5.78. The number of carbonyl (C=O) groups is 1. The number of benzene rings is 2. The van der Waals surface area contributed by atoms with Gasteiger partial charge in [0.25, 0.3) is 0 Å². The van der Waals surface area contributed by atoms with Crippen LogP contribution in [0.5, 0.6) is 23.0 Å². The molecule has 0 aromatic heterocycles. The molecule has 2 aromatic carbocycles. The van der Waals surface area contributed by atoms with Gasteiger partial charge in [0, 0.05) is 11.5 Å². The van der Waals surface area contributed by atoms with E-state index in [1.54, 1.807) is 31.4 Å². The Hall–Kier alpha value is -3.53. The highest BCUT2D eigenvalue weighted by Gasteiger charge is 2.61. The normalized spacial score (nSPS) is 23.4. The molecule has 2 aliphatic heterocycles. The average molecular weight is 472 g/mol. The topological polar surface area (TPSA) is 110 Å². The van der Waals surface area contributed by atoms with Crippen LogP contribution in [0.2, 0.25) is 0 Å². The summed E-state index contributed by atoms with van der Waals surface area (Å²) in [6.45, 7) is 0.459. The van der Waals surface area contributed by atoms with Gasteiger partial charge in [-0.05, 0) is 47.4 Å². The molecule has 1 fully saturated rings. The number of nitro groups is 1. The molecule has 10 nitrogen and oxygen atoms in total. The van der Waals surface area contributed by atoms with Crippen molar-refractivity contribution >= 4 is 5.97 Å². The molecule has 10 heteroatoms. The molecule has 0 aliphatic carbocycles. The summed E-state index contributed by atoms with van der Waals surface area (Å²) in [5.41, 5.74) is 2.29. The fraction of sp³-hybridized carbons (Fsp3) is 0.458. The first-order chi connectivity index (χ1) is 16.4. The molecule has 2 aromatic rings. The molecule has 0 radical (unpaired) electrons. The zero-order chi connectivity index (χ0) is 24.6. The first-order valence-electron chi connectivity index (χ1n) is 10.8. The van der Waals surface area contributed by atoms with E-state index in [4.69, 9.17) is 23.7 Å². The number of fused-ring (bicyclic) bond motifs is 3. The van der Waals surface area contributed by atoms with Gasteiger partial charge in [0.1, 0.15) is 12.1 Å². The van der Waals surface area contributed by atoms with E-state index in [1.165, 1.54) is 28.4 Å². The Morgan fingerprint density at radius 3 is 2.15 bits per heavy atom. The van der Waals surface area contributed by atoms with Gasteiger partial charge >= 0.3 is 5.97 Å². The molecule has 0 N–H and O–H groups in total. The van der Waals surface area contributed by atoms with E-state index in [2.05, 4.69) is 0 Å². The van der Waals surface area contributed by atoms with Gasteiger partial charge in [-0.25, -0.2) is 0 Å². The Bertz CT molecular complexity index is 1100. The van der Waals surface area contributed by atoms with Crippen molar-refractivity contribution < 1.29 is 33.4 Å². The lowest BCUT2D eigenvalue weighted by Gasteiger charge is -2.34. The Kier molecular flexibility index (Phi) is 6.52. The van der Waals surface area contributed by atoms with Gasteiger partial charge in [-0.1, -0.05) is 6.07 Å². The molecule has 34 heavy (non-hydrogen) atoms. The number of carbonyl (C=O) groups excluding carboxylic acids is 1. The third-order valence-corrected chi connectivity index (χ3v) is 6.83. The summed E-state index contributed by atoms with van der Waals surface area (Å²) in [5.74, 6) is 0.684. The lowest BCUT2D eigenvalue weighted by molar-refractivity contribution is -0.529. The van der Waals surface area contributed by atoms with Gasteiger partial charge in [0.15, 0.2) is 23.0 Å².